The molecule has 0 aromatic carbocycles. The van der Waals surface area contributed by atoms with E-state index in [4.69, 9.17) is 0 Å². The van der Waals surface area contributed by atoms with E-state index in [1.54, 1.807) is 11.3 Å². The van der Waals surface area contributed by atoms with Gasteiger partial charge in [0, 0.05) is 29.9 Å². The van der Waals surface area contributed by atoms with Gasteiger partial charge in [0.05, 0.1) is 6.54 Å². The van der Waals surface area contributed by atoms with Crippen LogP contribution in [0.5, 0.6) is 0 Å². The van der Waals surface area contributed by atoms with Gasteiger partial charge >= 0.3 is 0 Å². The van der Waals surface area contributed by atoms with E-state index in [1.165, 1.54) is 0 Å². The SMILES string of the molecule is Cc1csc(CNc2cc(C)n(C)n2)n1. The average molecular weight is 222 g/mol. The minimum Gasteiger partial charge on any atom is -0.362 e. The maximum atomic E-state index is 4.38. The van der Waals surface area contributed by atoms with Gasteiger partial charge in [0.25, 0.3) is 0 Å². The third-order valence-corrected chi connectivity index (χ3v) is 3.17. The number of aryl methyl sites for hydroxylation is 3. The number of thiazole rings is 1. The fraction of sp³-hybridized carbons (Fsp3) is 0.400. The van der Waals surface area contributed by atoms with E-state index in [-0.39, 0.29) is 0 Å². The molecule has 0 amide bonds. The molecular formula is C10H14N4S. The normalized spacial score (nSPS) is 10.6. The van der Waals surface area contributed by atoms with E-state index in [9.17, 15) is 0 Å². The predicted molar refractivity (Wildman–Crippen MR) is 62.1 cm³/mol. The predicted octanol–water partition coefficient (Wildman–Crippen LogP) is 2.11. The van der Waals surface area contributed by atoms with Gasteiger partial charge in [-0.15, -0.1) is 11.3 Å². The van der Waals surface area contributed by atoms with Crippen LogP contribution in [-0.4, -0.2) is 14.8 Å². The fourth-order valence-electron chi connectivity index (χ4n) is 1.30. The Morgan fingerprint density at radius 1 is 1.47 bits per heavy atom. The van der Waals surface area contributed by atoms with Gasteiger partial charge in [-0.25, -0.2) is 4.98 Å². The van der Waals surface area contributed by atoms with Gasteiger partial charge in [0.15, 0.2) is 0 Å². The zero-order valence-electron chi connectivity index (χ0n) is 9.11. The molecule has 0 aliphatic carbocycles. The Labute approximate surface area is 93.0 Å². The molecule has 5 heteroatoms. The van der Waals surface area contributed by atoms with Crippen molar-refractivity contribution in [2.75, 3.05) is 5.32 Å². The summed E-state index contributed by atoms with van der Waals surface area (Å²) in [6, 6.07) is 2.03. The summed E-state index contributed by atoms with van der Waals surface area (Å²) in [4.78, 5) is 4.38. The third kappa shape index (κ3) is 2.36. The Morgan fingerprint density at radius 2 is 2.27 bits per heavy atom. The zero-order chi connectivity index (χ0) is 10.8. The number of hydrogen-bond donors (Lipinski definition) is 1. The molecule has 0 saturated heterocycles. The first kappa shape index (κ1) is 10.2. The van der Waals surface area contributed by atoms with Gasteiger partial charge in [-0.3, -0.25) is 4.68 Å². The molecule has 0 aliphatic heterocycles. The van der Waals surface area contributed by atoms with Crippen LogP contribution in [0.15, 0.2) is 11.4 Å². The summed E-state index contributed by atoms with van der Waals surface area (Å²) in [5, 5.41) is 10.7. The van der Waals surface area contributed by atoms with Crippen molar-refractivity contribution in [2.45, 2.75) is 20.4 Å². The van der Waals surface area contributed by atoms with Gasteiger partial charge in [-0.05, 0) is 13.8 Å². The number of nitrogens with zero attached hydrogens (tertiary/aromatic N) is 3. The summed E-state index contributed by atoms with van der Waals surface area (Å²) in [5.74, 6) is 0.905. The molecule has 0 radical (unpaired) electrons. The van der Waals surface area contributed by atoms with Crippen LogP contribution in [-0.2, 0) is 13.6 Å². The standard InChI is InChI=1S/C10H14N4S/c1-7-6-15-10(12-7)5-11-9-4-8(2)14(3)13-9/h4,6H,5H2,1-3H3,(H,11,13). The second kappa shape index (κ2) is 4.02. The van der Waals surface area contributed by atoms with Crippen LogP contribution in [0.25, 0.3) is 0 Å². The monoisotopic (exact) mass is 222 g/mol. The van der Waals surface area contributed by atoms with E-state index < -0.39 is 0 Å². The first-order chi connectivity index (χ1) is 7.15. The van der Waals surface area contributed by atoms with Crippen molar-refractivity contribution in [3.8, 4) is 0 Å². The quantitative estimate of drug-likeness (QED) is 0.865. The molecule has 0 fully saturated rings. The smallest absolute Gasteiger partial charge is 0.148 e. The van der Waals surface area contributed by atoms with Crippen LogP contribution in [0.3, 0.4) is 0 Å². The van der Waals surface area contributed by atoms with Gasteiger partial charge in [0.2, 0.25) is 0 Å². The van der Waals surface area contributed by atoms with Crippen LogP contribution >= 0.6 is 11.3 Å². The summed E-state index contributed by atoms with van der Waals surface area (Å²) in [6.45, 7) is 4.78. The minimum atomic E-state index is 0.745. The molecule has 15 heavy (non-hydrogen) atoms. The highest BCUT2D eigenvalue weighted by molar-refractivity contribution is 7.09. The molecule has 0 aliphatic rings. The van der Waals surface area contributed by atoms with E-state index in [0.717, 1.165) is 28.8 Å². The summed E-state index contributed by atoms with van der Waals surface area (Å²) >= 11 is 1.67. The van der Waals surface area contributed by atoms with Crippen molar-refractivity contribution in [1.82, 2.24) is 14.8 Å². The number of nitrogens with one attached hydrogen (secondary N) is 1. The van der Waals surface area contributed by atoms with Crippen molar-refractivity contribution >= 4 is 17.2 Å². The lowest BCUT2D eigenvalue weighted by Gasteiger charge is -1.98. The van der Waals surface area contributed by atoms with E-state index in [0.29, 0.717) is 0 Å². The van der Waals surface area contributed by atoms with Crippen LogP contribution in [0.4, 0.5) is 5.82 Å². The van der Waals surface area contributed by atoms with Crippen LogP contribution in [0.1, 0.15) is 16.4 Å². The highest BCUT2D eigenvalue weighted by atomic mass is 32.1. The molecular weight excluding hydrogens is 208 g/mol. The lowest BCUT2D eigenvalue weighted by atomic mass is 10.4. The number of rotatable bonds is 3. The minimum absolute atomic E-state index is 0.745. The second-order valence-electron chi connectivity index (χ2n) is 3.53. The van der Waals surface area contributed by atoms with E-state index in [1.807, 2.05) is 31.6 Å². The van der Waals surface area contributed by atoms with Crippen molar-refractivity contribution < 1.29 is 0 Å². The summed E-state index contributed by atoms with van der Waals surface area (Å²) in [5.41, 5.74) is 2.22. The van der Waals surface area contributed by atoms with Crippen molar-refractivity contribution in [2.24, 2.45) is 7.05 Å². The lowest BCUT2D eigenvalue weighted by molar-refractivity contribution is 0.741. The van der Waals surface area contributed by atoms with Crippen LogP contribution in [0, 0.1) is 13.8 Å². The maximum Gasteiger partial charge on any atom is 0.148 e. The first-order valence-electron chi connectivity index (χ1n) is 4.80. The first-order valence-corrected chi connectivity index (χ1v) is 5.68. The van der Waals surface area contributed by atoms with Gasteiger partial charge in [0.1, 0.15) is 10.8 Å². The Hall–Kier alpha value is -1.36. The highest BCUT2D eigenvalue weighted by Gasteiger charge is 2.02. The molecule has 80 valence electrons. The highest BCUT2D eigenvalue weighted by Crippen LogP contribution is 2.12. The Kier molecular flexibility index (Phi) is 2.73. The Bertz CT molecular complexity index is 438. The molecule has 4 nitrogen and oxygen atoms in total. The molecule has 0 spiro atoms. The third-order valence-electron chi connectivity index (χ3n) is 2.20. The number of aromatic nitrogens is 3. The van der Waals surface area contributed by atoms with Crippen molar-refractivity contribution in [3.05, 3.63) is 27.8 Å². The molecule has 0 bridgehead atoms. The Balaban J connectivity index is 1.99. The topological polar surface area (TPSA) is 42.7 Å². The number of hydrogen-bond acceptors (Lipinski definition) is 4. The summed E-state index contributed by atoms with van der Waals surface area (Å²) in [7, 11) is 1.94. The lowest BCUT2D eigenvalue weighted by Crippen LogP contribution is -2.00. The molecule has 0 unspecified atom stereocenters. The molecule has 2 rings (SSSR count). The molecule has 2 heterocycles. The van der Waals surface area contributed by atoms with Gasteiger partial charge < -0.3 is 5.32 Å². The molecule has 2 aromatic heterocycles. The zero-order valence-corrected chi connectivity index (χ0v) is 9.93. The van der Waals surface area contributed by atoms with E-state index in [2.05, 4.69) is 20.8 Å². The Morgan fingerprint density at radius 3 is 2.80 bits per heavy atom. The molecule has 2 aromatic rings. The van der Waals surface area contributed by atoms with Crippen molar-refractivity contribution in [3.63, 3.8) is 0 Å². The summed E-state index contributed by atoms with van der Waals surface area (Å²) < 4.78 is 1.86. The van der Waals surface area contributed by atoms with Crippen LogP contribution < -0.4 is 5.32 Å². The van der Waals surface area contributed by atoms with Gasteiger partial charge in [-0.1, -0.05) is 0 Å². The maximum absolute atomic E-state index is 4.38. The van der Waals surface area contributed by atoms with Gasteiger partial charge in [-0.2, -0.15) is 5.10 Å². The second-order valence-corrected chi connectivity index (χ2v) is 4.47. The van der Waals surface area contributed by atoms with E-state index >= 15 is 0 Å². The number of anilines is 1. The molecule has 0 atom stereocenters. The fourth-order valence-corrected chi connectivity index (χ4v) is 2.01. The molecule has 1 N–H and O–H groups in total. The van der Waals surface area contributed by atoms with Crippen LogP contribution in [0.2, 0.25) is 0 Å². The van der Waals surface area contributed by atoms with Crippen molar-refractivity contribution in [1.29, 1.82) is 0 Å². The molecule has 0 saturated carbocycles. The summed E-state index contributed by atoms with van der Waals surface area (Å²) in [6.07, 6.45) is 0. The largest absolute Gasteiger partial charge is 0.362 e. The average Bonchev–Trinajstić information content (AvgIpc) is 2.72.